The van der Waals surface area contributed by atoms with Crippen LogP contribution in [0.1, 0.15) is 180 Å². The molecule has 37 nitrogen and oxygen atoms in total. The highest BCUT2D eigenvalue weighted by Crippen LogP contribution is 2.24. The lowest BCUT2D eigenvalue weighted by Crippen LogP contribution is -2.63. The number of rotatable bonds is 12. The fourth-order valence-corrected chi connectivity index (χ4v) is 15.3. The van der Waals surface area contributed by atoms with Gasteiger partial charge in [-0.15, -0.1) is 0 Å². The van der Waals surface area contributed by atoms with Crippen molar-refractivity contribution < 1.29 is 91.4 Å². The van der Waals surface area contributed by atoms with Gasteiger partial charge >= 0.3 is 0 Å². The first kappa shape index (κ1) is 109. The molecule has 16 unspecified atom stereocenters. The Hall–Kier alpha value is -9.58. The van der Waals surface area contributed by atoms with Crippen molar-refractivity contribution in [2.75, 3.05) is 90.2 Å². The maximum Gasteiger partial charge on any atom is 0.247 e. The van der Waals surface area contributed by atoms with Crippen LogP contribution in [-0.2, 0) is 86.3 Å². The second-order valence-corrected chi connectivity index (χ2v) is 36.4. The summed E-state index contributed by atoms with van der Waals surface area (Å²) in [5.41, 5.74) is 0. The molecule has 1 saturated heterocycles. The molecule has 121 heavy (non-hydrogen) atoms. The molecule has 1 aliphatic rings. The predicted octanol–water partition coefficient (Wildman–Crippen LogP) is -0.301. The van der Waals surface area contributed by atoms with Crippen LogP contribution in [0, 0.1) is 65.1 Å². The molecule has 1 fully saturated rings. The summed E-state index contributed by atoms with van der Waals surface area (Å²) in [6, 6.07) is -21.1. The Morgan fingerprint density at radius 2 is 0.479 bits per heavy atom. The smallest absolute Gasteiger partial charge is 0.247 e. The Labute approximate surface area is 718 Å². The van der Waals surface area contributed by atoms with Crippen LogP contribution in [0.25, 0.3) is 0 Å². The predicted molar refractivity (Wildman–Crippen MR) is 456 cm³/mol. The lowest BCUT2D eigenvalue weighted by molar-refractivity contribution is -0.151. The first-order valence-electron chi connectivity index (χ1n) is 42.1. The molecule has 37 heteroatoms. The van der Waals surface area contributed by atoms with E-state index in [1.54, 1.807) is 152 Å². The molecule has 18 amide bonds. The van der Waals surface area contributed by atoms with Gasteiger partial charge in [0, 0.05) is 70.5 Å². The molecule has 9 N–H and O–H groups in total. The van der Waals surface area contributed by atoms with Gasteiger partial charge in [0.05, 0.1) is 19.7 Å². The van der Waals surface area contributed by atoms with E-state index < -0.39 is 288 Å². The average Bonchev–Trinajstić information content (AvgIpc) is 0.815. The first-order valence-corrected chi connectivity index (χ1v) is 42.1. The van der Waals surface area contributed by atoms with E-state index in [0.29, 0.717) is 0 Å². The molecule has 0 aliphatic carbocycles. The first-order chi connectivity index (χ1) is 55.5. The van der Waals surface area contributed by atoms with Crippen LogP contribution in [0.15, 0.2) is 0 Å². The minimum atomic E-state index is -1.70. The van der Waals surface area contributed by atoms with E-state index >= 15 is 0 Å². The third kappa shape index (κ3) is 28.8. The maximum atomic E-state index is 14.9. The monoisotopic (exact) mass is 1720 g/mol. The summed E-state index contributed by atoms with van der Waals surface area (Å²) < 4.78 is 0. The lowest BCUT2D eigenvalue weighted by Gasteiger charge is -2.38. The molecule has 0 spiro atoms. The number of nitrogens with zero attached hydrogens (tertiary/aromatic N) is 10. The number of likely N-dealkylation sites (N-methyl/N-ethyl adjacent to an activating group) is 10. The largest absolute Gasteiger partial charge is 0.394 e. The third-order valence-electron chi connectivity index (χ3n) is 22.4. The van der Waals surface area contributed by atoms with Gasteiger partial charge in [-0.1, -0.05) is 152 Å². The second-order valence-electron chi connectivity index (χ2n) is 36.4. The molecule has 0 saturated carbocycles. The van der Waals surface area contributed by atoms with Crippen molar-refractivity contribution in [2.45, 2.75) is 277 Å². The Balaban J connectivity index is 4.17. The van der Waals surface area contributed by atoms with E-state index in [-0.39, 0.29) is 0 Å². The summed E-state index contributed by atoms with van der Waals surface area (Å²) in [4.78, 5) is 271. The molecular formula is C84H150N18O19. The molecule has 0 radical (unpaired) electrons. The number of carbonyl (C=O) groups excluding carboxylic acids is 18. The van der Waals surface area contributed by atoms with E-state index in [1.165, 1.54) is 98.2 Å². The molecule has 0 bridgehead atoms. The van der Waals surface area contributed by atoms with Crippen LogP contribution in [-0.4, -0.2) is 347 Å². The molecule has 0 aromatic carbocycles. The Bertz CT molecular complexity index is 3660. The number of aliphatic hydroxyl groups excluding tert-OH is 1. The van der Waals surface area contributed by atoms with E-state index in [4.69, 9.17) is 0 Å². The van der Waals surface area contributed by atoms with Gasteiger partial charge < -0.3 is 96.6 Å². The highest BCUT2D eigenvalue weighted by atomic mass is 16.3. The van der Waals surface area contributed by atoms with Gasteiger partial charge in [0.25, 0.3) is 0 Å². The zero-order valence-electron chi connectivity index (χ0n) is 79.0. The summed E-state index contributed by atoms with van der Waals surface area (Å²) in [6.07, 6.45) is 0. The summed E-state index contributed by atoms with van der Waals surface area (Å²) in [7, 11) is 13.3. The van der Waals surface area contributed by atoms with E-state index in [1.807, 2.05) is 0 Å². The number of aliphatic hydroxyl groups is 1. The normalized spacial score (nSPS) is 27.8. The third-order valence-corrected chi connectivity index (χ3v) is 22.4. The Morgan fingerprint density at radius 1 is 0.248 bits per heavy atom. The van der Waals surface area contributed by atoms with Crippen LogP contribution >= 0.6 is 0 Å². The van der Waals surface area contributed by atoms with Crippen LogP contribution in [0.3, 0.4) is 0 Å². The van der Waals surface area contributed by atoms with E-state index in [9.17, 15) is 91.4 Å². The zero-order chi connectivity index (χ0) is 94.5. The molecule has 1 aliphatic heterocycles. The summed E-state index contributed by atoms with van der Waals surface area (Å²) >= 11 is 0. The van der Waals surface area contributed by atoms with Crippen LogP contribution in [0.2, 0.25) is 0 Å². The van der Waals surface area contributed by atoms with Crippen molar-refractivity contribution in [3.05, 3.63) is 0 Å². The van der Waals surface area contributed by atoms with Gasteiger partial charge in [0.1, 0.15) is 96.7 Å². The fourth-order valence-electron chi connectivity index (χ4n) is 15.3. The second kappa shape index (κ2) is 47.7. The van der Waals surface area contributed by atoms with Crippen molar-refractivity contribution in [3.8, 4) is 0 Å². The molecule has 690 valence electrons. The standard InChI is InChI=1S/C84H150N18O19/c1-40(2)58-80(117)93(27)37-56(104)85-51(23)76(113)97(31)62(44(9)10)70(107)86-52(24)77(114)98(32)64(46(13)14)72(109)88-55(39-103)79(116)100(34)66(48(17)18)74(111)91-61(43(7)8)83(120)102(36)67(49(19)20)75(112)92-60(42(5)6)82(119)101(35)63(45(11)12)71(108)87-53(25)78(115)99(33)65(47(15)16)73(110)90-59(41(3)4)81(118)94(28)38-57(105)96(30)68(50(21)22)84(121)95(29)54(26)69(106)89-58/h40-55,58-68,103H,37-39H2,1-36H3,(H,85,104)(H,86,107)(H,87,108)(H,88,109)(H,89,106)(H,90,110)(H,91,111)(H,92,112). The van der Waals surface area contributed by atoms with Crippen molar-refractivity contribution in [3.63, 3.8) is 0 Å². The Morgan fingerprint density at radius 3 is 0.752 bits per heavy atom. The lowest BCUT2D eigenvalue weighted by atomic mass is 9.95. The van der Waals surface area contributed by atoms with Crippen molar-refractivity contribution in [2.24, 2.45) is 65.1 Å². The quantitative estimate of drug-likeness (QED) is 0.121. The average molecular weight is 1720 g/mol. The molecule has 16 atom stereocenters. The van der Waals surface area contributed by atoms with Gasteiger partial charge in [-0.05, 0) is 92.8 Å². The molecular weight excluding hydrogens is 1570 g/mol. The van der Waals surface area contributed by atoms with Crippen LogP contribution in [0.5, 0.6) is 0 Å². The van der Waals surface area contributed by atoms with Crippen molar-refractivity contribution in [1.29, 1.82) is 0 Å². The fraction of sp³-hybridized carbons (Fsp3) is 0.786. The number of amides is 18. The summed E-state index contributed by atoms with van der Waals surface area (Å²) in [6.45, 7) is 39.8. The highest BCUT2D eigenvalue weighted by molar-refractivity contribution is 6.02. The van der Waals surface area contributed by atoms with Gasteiger partial charge in [0.2, 0.25) is 106 Å². The molecule has 1 rings (SSSR count). The van der Waals surface area contributed by atoms with Gasteiger partial charge in [-0.25, -0.2) is 0 Å². The minimum absolute atomic E-state index is 0.574. The SMILES string of the molecule is CC1NC(=O)CN(C)C(=O)C(C(C)C)NC(=O)C(C)N(C)C(=O)C(C(C)C)N(C)C(=O)CN(C)C(=O)C(C(C)C)NC(=O)C(C(C)C)N(C)C(=O)C(C)NC(=O)C(C(C)C)N(C)C(=O)C(C(C)C)NC(=O)C(C(C)C)N(C)C(=O)C(C(C)C)NC(=O)C(C(C)C)N(C)C(=O)C(CO)NC(=O)C(C(C)C)N(C)C(=O)C(C)NC(=O)C(C(C)C)N(C)C1=O. The van der Waals surface area contributed by atoms with E-state index in [2.05, 4.69) is 42.5 Å². The molecule has 1 heterocycles. The molecule has 0 aromatic rings. The number of hydrogen-bond acceptors (Lipinski definition) is 19. The van der Waals surface area contributed by atoms with Crippen molar-refractivity contribution >= 4 is 106 Å². The zero-order valence-corrected chi connectivity index (χ0v) is 79.0. The van der Waals surface area contributed by atoms with E-state index in [0.717, 1.165) is 49.0 Å². The highest BCUT2D eigenvalue weighted by Gasteiger charge is 2.47. The number of carbonyl (C=O) groups is 18. The topological polar surface area (TPSA) is 456 Å². The number of hydrogen-bond donors (Lipinski definition) is 9. The van der Waals surface area contributed by atoms with Crippen molar-refractivity contribution in [1.82, 2.24) is 91.5 Å². The number of nitrogens with one attached hydrogen (secondary N) is 8. The summed E-state index contributed by atoms with van der Waals surface area (Å²) in [5.74, 6) is -20.6. The molecule has 0 aromatic heterocycles. The van der Waals surface area contributed by atoms with Crippen LogP contribution < -0.4 is 42.5 Å². The van der Waals surface area contributed by atoms with Crippen LogP contribution in [0.4, 0.5) is 0 Å². The maximum absolute atomic E-state index is 14.9. The minimum Gasteiger partial charge on any atom is -0.394 e. The van der Waals surface area contributed by atoms with Gasteiger partial charge in [0.15, 0.2) is 0 Å². The summed E-state index contributed by atoms with van der Waals surface area (Å²) in [5, 5.41) is 32.3. The Kier molecular flexibility index (Phi) is 43.2. The van der Waals surface area contributed by atoms with Gasteiger partial charge in [-0.2, -0.15) is 0 Å². The van der Waals surface area contributed by atoms with Gasteiger partial charge in [-0.3, -0.25) is 86.3 Å².